The second-order valence-electron chi connectivity index (χ2n) is 5.71. The van der Waals surface area contributed by atoms with Gasteiger partial charge in [0, 0.05) is 41.8 Å². The van der Waals surface area contributed by atoms with Crippen molar-refractivity contribution >= 4 is 16.7 Å². The summed E-state index contributed by atoms with van der Waals surface area (Å²) < 4.78 is 10.8. The van der Waals surface area contributed by atoms with Gasteiger partial charge in [0.15, 0.2) is 0 Å². The Morgan fingerprint density at radius 1 is 1.41 bits per heavy atom. The van der Waals surface area contributed by atoms with Crippen molar-refractivity contribution in [2.45, 2.75) is 46.1 Å². The van der Waals surface area contributed by atoms with Gasteiger partial charge >= 0.3 is 0 Å². The summed E-state index contributed by atoms with van der Waals surface area (Å²) >= 11 is 0. The molecule has 0 fully saturated rings. The molecule has 102 valence electrons. The Morgan fingerprint density at radius 3 is 2.47 bits per heavy atom. The van der Waals surface area contributed by atoms with E-state index >= 15 is 0 Å². The van der Waals surface area contributed by atoms with Crippen LogP contribution in [0.3, 0.4) is 0 Å². The summed E-state index contributed by atoms with van der Waals surface area (Å²) in [7, 11) is -0.780. The van der Waals surface area contributed by atoms with Crippen LogP contribution in [0.15, 0.2) is 0 Å². The van der Waals surface area contributed by atoms with Crippen molar-refractivity contribution in [2.24, 2.45) is 11.1 Å². The topological polar surface area (TPSA) is 72.2 Å². The normalized spacial score (nSPS) is 15.4. The van der Waals surface area contributed by atoms with Crippen LogP contribution in [0.4, 0.5) is 0 Å². The molecular formula is C12H26N2O2S. The highest BCUT2D eigenvalue weighted by Crippen LogP contribution is 2.20. The number of rotatable bonds is 7. The van der Waals surface area contributed by atoms with Crippen LogP contribution in [0.5, 0.6) is 0 Å². The lowest BCUT2D eigenvalue weighted by atomic mass is 9.87. The van der Waals surface area contributed by atoms with Crippen molar-refractivity contribution in [1.29, 1.82) is 0 Å². The van der Waals surface area contributed by atoms with E-state index in [1.165, 1.54) is 0 Å². The largest absolute Gasteiger partial charge is 0.356 e. The molecule has 0 heterocycles. The third kappa shape index (κ3) is 11.8. The monoisotopic (exact) mass is 262 g/mol. The molecule has 17 heavy (non-hydrogen) atoms. The quantitative estimate of drug-likeness (QED) is 0.673. The second kappa shape index (κ2) is 7.82. The molecule has 0 aliphatic heterocycles. The maximum atomic E-state index is 11.5. The van der Waals surface area contributed by atoms with Gasteiger partial charge in [0.1, 0.15) is 0 Å². The molecule has 0 saturated carbocycles. The maximum absolute atomic E-state index is 11.5. The predicted molar refractivity (Wildman–Crippen MR) is 73.2 cm³/mol. The highest BCUT2D eigenvalue weighted by Gasteiger charge is 2.17. The van der Waals surface area contributed by atoms with Crippen LogP contribution in [0, 0.1) is 5.41 Å². The van der Waals surface area contributed by atoms with Crippen LogP contribution in [0.1, 0.15) is 40.0 Å². The lowest BCUT2D eigenvalue weighted by Gasteiger charge is -2.22. The average molecular weight is 262 g/mol. The first-order valence-electron chi connectivity index (χ1n) is 6.03. The minimum absolute atomic E-state index is 0.0105. The van der Waals surface area contributed by atoms with E-state index in [0.29, 0.717) is 18.7 Å². The number of hydrogen-bond donors (Lipinski definition) is 2. The first-order chi connectivity index (χ1) is 7.70. The lowest BCUT2D eigenvalue weighted by molar-refractivity contribution is -0.121. The summed E-state index contributed by atoms with van der Waals surface area (Å²) in [4.78, 5) is 11.5. The summed E-state index contributed by atoms with van der Waals surface area (Å²) in [5.41, 5.74) is 6.06. The van der Waals surface area contributed by atoms with Gasteiger partial charge in [-0.2, -0.15) is 0 Å². The van der Waals surface area contributed by atoms with Gasteiger partial charge in [-0.1, -0.05) is 20.8 Å². The zero-order chi connectivity index (χ0) is 13.5. The van der Waals surface area contributed by atoms with Gasteiger partial charge in [0.2, 0.25) is 5.91 Å². The van der Waals surface area contributed by atoms with E-state index in [9.17, 15) is 9.00 Å². The molecule has 1 amide bonds. The molecule has 0 aliphatic rings. The minimum Gasteiger partial charge on any atom is -0.356 e. The SMILES string of the molecule is CS(=O)CCCNC(=O)CC(N)CC(C)(C)C. The van der Waals surface area contributed by atoms with E-state index < -0.39 is 10.8 Å². The van der Waals surface area contributed by atoms with Crippen LogP contribution < -0.4 is 11.1 Å². The third-order valence-corrected chi connectivity index (χ3v) is 3.12. The van der Waals surface area contributed by atoms with Crippen LogP contribution in [0.25, 0.3) is 0 Å². The minimum atomic E-state index is -0.780. The first kappa shape index (κ1) is 16.6. The van der Waals surface area contributed by atoms with Gasteiger partial charge in [0.25, 0.3) is 0 Å². The molecule has 0 spiro atoms. The van der Waals surface area contributed by atoms with E-state index in [1.807, 2.05) is 0 Å². The molecule has 0 aliphatic carbocycles. The fourth-order valence-corrected chi connectivity index (χ4v) is 2.22. The lowest BCUT2D eigenvalue weighted by Crippen LogP contribution is -2.34. The molecule has 0 saturated heterocycles. The van der Waals surface area contributed by atoms with Crippen molar-refractivity contribution < 1.29 is 9.00 Å². The van der Waals surface area contributed by atoms with Gasteiger partial charge < -0.3 is 11.1 Å². The van der Waals surface area contributed by atoms with Crippen molar-refractivity contribution in [1.82, 2.24) is 5.32 Å². The smallest absolute Gasteiger partial charge is 0.221 e. The first-order valence-corrected chi connectivity index (χ1v) is 7.76. The van der Waals surface area contributed by atoms with Gasteiger partial charge in [-0.25, -0.2) is 0 Å². The molecule has 4 nitrogen and oxygen atoms in total. The fraction of sp³-hybridized carbons (Fsp3) is 0.917. The summed E-state index contributed by atoms with van der Waals surface area (Å²) in [6, 6.07) is -0.0877. The zero-order valence-corrected chi connectivity index (χ0v) is 12.2. The summed E-state index contributed by atoms with van der Waals surface area (Å²) in [6.07, 6.45) is 3.62. The van der Waals surface area contributed by atoms with E-state index in [0.717, 1.165) is 12.8 Å². The highest BCUT2D eigenvalue weighted by atomic mass is 32.2. The van der Waals surface area contributed by atoms with Crippen molar-refractivity contribution in [2.75, 3.05) is 18.6 Å². The summed E-state index contributed by atoms with van der Waals surface area (Å²) in [6.45, 7) is 6.92. The molecule has 0 aromatic rings. The van der Waals surface area contributed by atoms with Crippen LogP contribution in [-0.2, 0) is 15.6 Å². The maximum Gasteiger partial charge on any atom is 0.221 e. The van der Waals surface area contributed by atoms with E-state index in [4.69, 9.17) is 5.73 Å². The molecule has 2 atom stereocenters. The number of nitrogens with two attached hydrogens (primary N) is 1. The van der Waals surface area contributed by atoms with Crippen LogP contribution >= 0.6 is 0 Å². The molecular weight excluding hydrogens is 236 g/mol. The summed E-state index contributed by atoms with van der Waals surface area (Å²) in [5.74, 6) is 0.623. The Bertz CT molecular complexity index is 262. The highest BCUT2D eigenvalue weighted by molar-refractivity contribution is 7.84. The standard InChI is InChI=1S/C12H26N2O2S/c1-12(2,3)9-10(13)8-11(15)14-6-5-7-17(4)16/h10H,5-9,13H2,1-4H3,(H,14,15). The zero-order valence-electron chi connectivity index (χ0n) is 11.4. The number of hydrogen-bond acceptors (Lipinski definition) is 3. The van der Waals surface area contributed by atoms with Crippen molar-refractivity contribution in [3.8, 4) is 0 Å². The molecule has 0 aromatic carbocycles. The van der Waals surface area contributed by atoms with Gasteiger partial charge in [-0.15, -0.1) is 0 Å². The van der Waals surface area contributed by atoms with Gasteiger partial charge in [-0.3, -0.25) is 9.00 Å². The number of amides is 1. The van der Waals surface area contributed by atoms with E-state index in [2.05, 4.69) is 26.1 Å². The fourth-order valence-electron chi connectivity index (χ4n) is 1.67. The number of nitrogens with one attached hydrogen (secondary N) is 1. The Kier molecular flexibility index (Phi) is 7.63. The molecule has 0 aromatic heterocycles. The molecule has 2 unspecified atom stereocenters. The Balaban J connectivity index is 3.68. The number of carbonyl (C=O) groups excluding carboxylic acids is 1. The van der Waals surface area contributed by atoms with Gasteiger partial charge in [-0.05, 0) is 18.3 Å². The Hall–Kier alpha value is -0.420. The molecule has 0 bridgehead atoms. The van der Waals surface area contributed by atoms with Crippen LogP contribution in [0.2, 0.25) is 0 Å². The van der Waals surface area contributed by atoms with Gasteiger partial charge in [0.05, 0.1) is 0 Å². The van der Waals surface area contributed by atoms with Crippen molar-refractivity contribution in [3.63, 3.8) is 0 Å². The molecule has 0 rings (SSSR count). The average Bonchev–Trinajstić information content (AvgIpc) is 2.08. The Morgan fingerprint density at radius 2 is 2.00 bits per heavy atom. The third-order valence-electron chi connectivity index (χ3n) is 2.25. The second-order valence-corrected chi connectivity index (χ2v) is 7.26. The molecule has 5 heteroatoms. The Labute approximate surface area is 107 Å². The van der Waals surface area contributed by atoms with Crippen molar-refractivity contribution in [3.05, 3.63) is 0 Å². The van der Waals surface area contributed by atoms with E-state index in [-0.39, 0.29) is 17.4 Å². The van der Waals surface area contributed by atoms with E-state index in [1.54, 1.807) is 6.26 Å². The molecule has 0 radical (unpaired) electrons. The molecule has 3 N–H and O–H groups in total. The van der Waals surface area contributed by atoms with Crippen LogP contribution in [-0.4, -0.2) is 34.7 Å². The predicted octanol–water partition coefficient (Wildman–Crippen LogP) is 1.02. The number of carbonyl (C=O) groups is 1. The summed E-state index contributed by atoms with van der Waals surface area (Å²) in [5, 5.41) is 2.80.